The van der Waals surface area contributed by atoms with Crippen LogP contribution in [0.4, 0.5) is 20.3 Å². The fourth-order valence-corrected chi connectivity index (χ4v) is 6.10. The molecule has 0 saturated carbocycles. The number of amides is 1. The number of aryl methyl sites for hydroxylation is 2. The Labute approximate surface area is 215 Å². The molecule has 37 heavy (non-hydrogen) atoms. The van der Waals surface area contributed by atoms with E-state index in [0.717, 1.165) is 67.8 Å². The molecule has 0 atom stereocenters. The maximum absolute atomic E-state index is 14.4. The van der Waals surface area contributed by atoms with Crippen molar-refractivity contribution in [2.24, 2.45) is 7.05 Å². The van der Waals surface area contributed by atoms with E-state index in [2.05, 4.69) is 20.0 Å². The predicted molar refractivity (Wildman–Crippen MR) is 137 cm³/mol. The van der Waals surface area contributed by atoms with Crippen molar-refractivity contribution in [3.63, 3.8) is 0 Å². The van der Waals surface area contributed by atoms with Crippen molar-refractivity contribution < 1.29 is 13.6 Å². The number of anilines is 2. The number of hydrogen-bond donors (Lipinski definition) is 1. The highest BCUT2D eigenvalue weighted by atomic mass is 19.3. The number of carbonyl (C=O) groups excluding carboxylic acids is 1. The monoisotopic (exact) mass is 509 g/mol. The molecule has 3 aliphatic heterocycles. The van der Waals surface area contributed by atoms with Gasteiger partial charge in [0.25, 0.3) is 6.43 Å². The highest BCUT2D eigenvalue weighted by Crippen LogP contribution is 2.43. The zero-order valence-electron chi connectivity index (χ0n) is 21.4. The number of benzene rings is 1. The van der Waals surface area contributed by atoms with Crippen LogP contribution in [0.25, 0.3) is 11.3 Å². The van der Waals surface area contributed by atoms with E-state index in [1.54, 1.807) is 37.0 Å². The molecule has 1 saturated heterocycles. The van der Waals surface area contributed by atoms with Gasteiger partial charge in [-0.05, 0) is 62.5 Å². The quantitative estimate of drug-likeness (QED) is 0.573. The number of halogens is 2. The number of carbonyl (C=O) groups is 1. The van der Waals surface area contributed by atoms with E-state index < -0.39 is 6.43 Å². The standard InChI is InChI=1S/C27H33F2N7O/c1-17(37)34-13-8-24-22(16-34)27(32-36(24)19-5-9-30-10-6-19)35-11-3-4-18-14-20(23-7-12-33(2)31-23)21(26(28)29)15-25(18)35/h7,12,14-15,19,26,30H,3-6,8-11,13,16H2,1-2H3. The van der Waals surface area contributed by atoms with Crippen molar-refractivity contribution in [1.82, 2.24) is 29.8 Å². The summed E-state index contributed by atoms with van der Waals surface area (Å²) in [5.41, 5.74) is 5.09. The van der Waals surface area contributed by atoms with E-state index in [9.17, 15) is 13.6 Å². The Morgan fingerprint density at radius 3 is 2.65 bits per heavy atom. The van der Waals surface area contributed by atoms with Crippen LogP contribution in [0.3, 0.4) is 0 Å². The van der Waals surface area contributed by atoms with E-state index in [1.165, 1.54) is 5.69 Å². The molecule has 0 aliphatic carbocycles. The molecule has 10 heteroatoms. The zero-order chi connectivity index (χ0) is 25.7. The lowest BCUT2D eigenvalue weighted by atomic mass is 9.93. The maximum Gasteiger partial charge on any atom is 0.264 e. The summed E-state index contributed by atoms with van der Waals surface area (Å²) < 4.78 is 32.5. The van der Waals surface area contributed by atoms with Gasteiger partial charge in [0, 0.05) is 67.8 Å². The SMILES string of the molecule is CC(=O)N1CCc2c(c(N3CCCc4cc(-c5ccn(C)n5)c(C(F)F)cc43)nn2C2CCNCC2)C1. The minimum atomic E-state index is -2.62. The molecule has 1 aromatic carbocycles. The van der Waals surface area contributed by atoms with Crippen molar-refractivity contribution in [2.45, 2.75) is 58.0 Å². The Hall–Kier alpha value is -3.27. The van der Waals surface area contributed by atoms with Crippen LogP contribution in [0.1, 0.15) is 61.0 Å². The van der Waals surface area contributed by atoms with Crippen LogP contribution in [0.2, 0.25) is 0 Å². The highest BCUT2D eigenvalue weighted by molar-refractivity contribution is 5.77. The molecular formula is C27H33F2N7O. The molecule has 0 radical (unpaired) electrons. The Kier molecular flexibility index (Phi) is 6.22. The van der Waals surface area contributed by atoms with Gasteiger partial charge in [0.05, 0.1) is 18.3 Å². The van der Waals surface area contributed by atoms with Crippen LogP contribution in [0.15, 0.2) is 24.4 Å². The van der Waals surface area contributed by atoms with Gasteiger partial charge < -0.3 is 15.1 Å². The van der Waals surface area contributed by atoms with Gasteiger partial charge in [-0.2, -0.15) is 10.2 Å². The Morgan fingerprint density at radius 2 is 1.95 bits per heavy atom. The second-order valence-corrected chi connectivity index (χ2v) is 10.4. The minimum Gasteiger partial charge on any atom is -0.338 e. The first-order valence-corrected chi connectivity index (χ1v) is 13.2. The maximum atomic E-state index is 14.4. The molecule has 8 nitrogen and oxygen atoms in total. The smallest absolute Gasteiger partial charge is 0.264 e. The van der Waals surface area contributed by atoms with E-state index in [1.807, 2.05) is 11.0 Å². The van der Waals surface area contributed by atoms with Gasteiger partial charge in [0.2, 0.25) is 5.91 Å². The largest absolute Gasteiger partial charge is 0.338 e. The van der Waals surface area contributed by atoms with Crippen molar-refractivity contribution in [1.29, 1.82) is 0 Å². The van der Waals surface area contributed by atoms with Gasteiger partial charge in [-0.25, -0.2) is 8.78 Å². The third-order valence-electron chi connectivity index (χ3n) is 8.01. The van der Waals surface area contributed by atoms with Crippen LogP contribution in [-0.4, -0.2) is 56.5 Å². The summed E-state index contributed by atoms with van der Waals surface area (Å²) in [6, 6.07) is 5.62. The lowest BCUT2D eigenvalue weighted by Crippen LogP contribution is -2.36. The summed E-state index contributed by atoms with van der Waals surface area (Å²) in [5.74, 6) is 0.858. The molecule has 0 unspecified atom stereocenters. The fraction of sp³-hybridized carbons (Fsp3) is 0.519. The summed E-state index contributed by atoms with van der Waals surface area (Å²) in [5, 5.41) is 13.0. The Morgan fingerprint density at radius 1 is 1.14 bits per heavy atom. The lowest BCUT2D eigenvalue weighted by molar-refractivity contribution is -0.129. The van der Waals surface area contributed by atoms with Crippen molar-refractivity contribution in [2.75, 3.05) is 31.1 Å². The molecule has 3 aromatic rings. The number of rotatable bonds is 4. The molecule has 0 spiro atoms. The Balaban J connectivity index is 1.47. The summed E-state index contributed by atoms with van der Waals surface area (Å²) in [4.78, 5) is 16.3. The molecular weight excluding hydrogens is 476 g/mol. The molecule has 2 aromatic heterocycles. The van der Waals surface area contributed by atoms with E-state index >= 15 is 0 Å². The number of piperidine rings is 1. The molecule has 196 valence electrons. The third-order valence-corrected chi connectivity index (χ3v) is 8.01. The van der Waals surface area contributed by atoms with Crippen molar-refractivity contribution >= 4 is 17.4 Å². The molecule has 6 rings (SSSR count). The fourth-order valence-electron chi connectivity index (χ4n) is 6.10. The first kappa shape index (κ1) is 24.1. The predicted octanol–water partition coefficient (Wildman–Crippen LogP) is 4.13. The molecule has 0 bridgehead atoms. The van der Waals surface area contributed by atoms with Crippen molar-refractivity contribution in [3.05, 3.63) is 46.8 Å². The van der Waals surface area contributed by atoms with Gasteiger partial charge in [0.1, 0.15) is 0 Å². The van der Waals surface area contributed by atoms with Gasteiger partial charge in [-0.1, -0.05) is 0 Å². The van der Waals surface area contributed by atoms with Gasteiger partial charge >= 0.3 is 0 Å². The number of fused-ring (bicyclic) bond motifs is 2. The summed E-state index contributed by atoms with van der Waals surface area (Å²) in [6.07, 6.45) is 3.62. The first-order valence-electron chi connectivity index (χ1n) is 13.2. The van der Waals surface area contributed by atoms with Crippen molar-refractivity contribution in [3.8, 4) is 11.3 Å². The molecule has 3 aliphatic rings. The van der Waals surface area contributed by atoms with Crippen LogP contribution in [-0.2, 0) is 31.2 Å². The number of alkyl halides is 2. The van der Waals surface area contributed by atoms with Crippen LogP contribution in [0, 0.1) is 0 Å². The second kappa shape index (κ2) is 9.55. The van der Waals surface area contributed by atoms with Crippen LogP contribution < -0.4 is 10.2 Å². The summed E-state index contributed by atoms with van der Waals surface area (Å²) in [6.45, 7) is 5.40. The average molecular weight is 510 g/mol. The Bertz CT molecular complexity index is 1320. The number of aromatic nitrogens is 4. The van der Waals surface area contributed by atoms with Gasteiger partial charge in [0.15, 0.2) is 5.82 Å². The summed E-state index contributed by atoms with van der Waals surface area (Å²) in [7, 11) is 1.79. The third kappa shape index (κ3) is 4.31. The summed E-state index contributed by atoms with van der Waals surface area (Å²) >= 11 is 0. The van der Waals surface area contributed by atoms with Crippen LogP contribution >= 0.6 is 0 Å². The number of nitrogens with zero attached hydrogens (tertiary/aromatic N) is 6. The van der Waals surface area contributed by atoms with Gasteiger partial charge in [-0.15, -0.1) is 0 Å². The highest BCUT2D eigenvalue weighted by Gasteiger charge is 2.34. The number of hydrogen-bond acceptors (Lipinski definition) is 5. The first-order chi connectivity index (χ1) is 17.9. The van der Waals surface area contributed by atoms with E-state index in [-0.39, 0.29) is 11.5 Å². The molecule has 5 heterocycles. The normalized spacial score (nSPS) is 18.3. The number of nitrogens with one attached hydrogen (secondary N) is 1. The topological polar surface area (TPSA) is 71.2 Å². The lowest BCUT2D eigenvalue weighted by Gasteiger charge is -2.33. The average Bonchev–Trinajstić information content (AvgIpc) is 3.51. The van der Waals surface area contributed by atoms with E-state index in [0.29, 0.717) is 36.9 Å². The van der Waals surface area contributed by atoms with E-state index in [4.69, 9.17) is 5.10 Å². The van der Waals surface area contributed by atoms with Gasteiger partial charge in [-0.3, -0.25) is 14.2 Å². The second-order valence-electron chi connectivity index (χ2n) is 10.4. The molecule has 1 N–H and O–H groups in total. The zero-order valence-corrected chi connectivity index (χ0v) is 21.4. The minimum absolute atomic E-state index is 0.0126. The molecule has 1 amide bonds. The molecule has 1 fully saturated rings. The van der Waals surface area contributed by atoms with Crippen LogP contribution in [0.5, 0.6) is 0 Å².